The molecule has 118 valence electrons. The maximum absolute atomic E-state index is 12.2. The van der Waals surface area contributed by atoms with E-state index in [2.05, 4.69) is 18.8 Å². The lowest BCUT2D eigenvalue weighted by Crippen LogP contribution is -2.22. The van der Waals surface area contributed by atoms with Gasteiger partial charge in [0, 0.05) is 6.20 Å². The molecule has 0 aliphatic carbocycles. The fourth-order valence-electron chi connectivity index (χ4n) is 1.97. The number of esters is 1. The maximum Gasteiger partial charge on any atom is 0.342 e. The van der Waals surface area contributed by atoms with Crippen molar-refractivity contribution in [1.29, 1.82) is 0 Å². The first kappa shape index (κ1) is 17.3. The van der Waals surface area contributed by atoms with Crippen LogP contribution in [-0.4, -0.2) is 24.2 Å². The summed E-state index contributed by atoms with van der Waals surface area (Å²) < 4.78 is 10.7. The summed E-state index contributed by atoms with van der Waals surface area (Å²) in [6.45, 7) is 10.4. The highest BCUT2D eigenvalue weighted by Crippen LogP contribution is 2.22. The molecule has 0 saturated heterocycles. The van der Waals surface area contributed by atoms with Crippen LogP contribution in [0.3, 0.4) is 0 Å². The fraction of sp³-hybridized carbons (Fsp3) is 0.625. The average Bonchev–Trinajstić information content (AvgIpc) is 2.38. The van der Waals surface area contributed by atoms with Gasteiger partial charge in [-0.1, -0.05) is 27.7 Å². The van der Waals surface area contributed by atoms with E-state index < -0.39 is 11.5 Å². The summed E-state index contributed by atoms with van der Waals surface area (Å²) >= 11 is 0. The van der Waals surface area contributed by atoms with Gasteiger partial charge < -0.3 is 14.5 Å². The zero-order valence-electron chi connectivity index (χ0n) is 13.5. The highest BCUT2D eigenvalue weighted by Gasteiger charge is 2.23. The van der Waals surface area contributed by atoms with Crippen LogP contribution in [0, 0.1) is 11.8 Å². The monoisotopic (exact) mass is 295 g/mol. The Kier molecular flexibility index (Phi) is 6.46. The van der Waals surface area contributed by atoms with Crippen molar-refractivity contribution in [3.63, 3.8) is 0 Å². The average molecular weight is 295 g/mol. The zero-order valence-corrected chi connectivity index (χ0v) is 13.5. The minimum Gasteiger partial charge on any atom is -0.487 e. The number of carbonyl (C=O) groups is 1. The molecule has 1 aromatic heterocycles. The number of pyridine rings is 1. The number of carbonyl (C=O) groups excluding carboxylic acids is 1. The molecule has 0 unspecified atom stereocenters. The smallest absolute Gasteiger partial charge is 0.342 e. The molecule has 1 heterocycles. The predicted molar refractivity (Wildman–Crippen MR) is 81.9 cm³/mol. The molecule has 0 aliphatic rings. The highest BCUT2D eigenvalue weighted by molar-refractivity contribution is 5.94. The number of aromatic nitrogens is 1. The summed E-state index contributed by atoms with van der Waals surface area (Å²) in [4.78, 5) is 26.9. The first-order valence-corrected chi connectivity index (χ1v) is 7.41. The van der Waals surface area contributed by atoms with Crippen LogP contribution in [0.15, 0.2) is 11.0 Å². The highest BCUT2D eigenvalue weighted by atomic mass is 16.5. The Labute approximate surface area is 125 Å². The molecule has 0 atom stereocenters. The molecule has 0 amide bonds. The summed E-state index contributed by atoms with van der Waals surface area (Å²) in [6, 6.07) is 0. The molecule has 0 aliphatic heterocycles. The van der Waals surface area contributed by atoms with Gasteiger partial charge in [-0.3, -0.25) is 4.79 Å². The summed E-state index contributed by atoms with van der Waals surface area (Å²) in [5, 5.41) is 0. The molecule has 0 spiro atoms. The minimum absolute atomic E-state index is 0.0697. The first-order chi connectivity index (χ1) is 9.86. The van der Waals surface area contributed by atoms with Crippen LogP contribution in [0.2, 0.25) is 0 Å². The normalized spacial score (nSPS) is 11.0. The van der Waals surface area contributed by atoms with Crippen molar-refractivity contribution in [1.82, 2.24) is 4.98 Å². The largest absolute Gasteiger partial charge is 0.487 e. The molecule has 5 heteroatoms. The molecule has 0 radical (unpaired) electrons. The topological polar surface area (TPSA) is 68.4 Å². The van der Waals surface area contributed by atoms with Gasteiger partial charge in [-0.25, -0.2) is 4.79 Å². The first-order valence-electron chi connectivity index (χ1n) is 7.41. The van der Waals surface area contributed by atoms with E-state index in [0.29, 0.717) is 18.9 Å². The second-order valence-corrected chi connectivity index (χ2v) is 5.87. The predicted octanol–water partition coefficient (Wildman–Crippen LogP) is 2.78. The van der Waals surface area contributed by atoms with Crippen molar-refractivity contribution in [2.24, 2.45) is 11.8 Å². The van der Waals surface area contributed by atoms with Gasteiger partial charge >= 0.3 is 5.97 Å². The van der Waals surface area contributed by atoms with Crippen LogP contribution in [0.4, 0.5) is 0 Å². The SMILES string of the molecule is CCOC(=O)c1c(CC(C)C)c[nH]c(=O)c1OCC(C)C. The van der Waals surface area contributed by atoms with Crippen LogP contribution in [0.1, 0.15) is 50.5 Å². The second kappa shape index (κ2) is 7.86. The van der Waals surface area contributed by atoms with E-state index >= 15 is 0 Å². The van der Waals surface area contributed by atoms with Gasteiger partial charge in [-0.2, -0.15) is 0 Å². The molecule has 0 saturated carbocycles. The Morgan fingerprint density at radius 3 is 2.43 bits per heavy atom. The third-order valence-corrected chi connectivity index (χ3v) is 2.80. The molecule has 1 N–H and O–H groups in total. The molecule has 1 aromatic rings. The van der Waals surface area contributed by atoms with E-state index in [1.807, 2.05) is 13.8 Å². The van der Waals surface area contributed by atoms with Gasteiger partial charge in [0.05, 0.1) is 13.2 Å². The Balaban J connectivity index is 3.29. The van der Waals surface area contributed by atoms with Crippen LogP contribution < -0.4 is 10.3 Å². The Morgan fingerprint density at radius 2 is 1.90 bits per heavy atom. The lowest BCUT2D eigenvalue weighted by molar-refractivity contribution is 0.0519. The number of H-pyrrole nitrogens is 1. The maximum atomic E-state index is 12.2. The van der Waals surface area contributed by atoms with Gasteiger partial charge in [0.25, 0.3) is 5.56 Å². The number of hydrogen-bond donors (Lipinski definition) is 1. The summed E-state index contributed by atoms with van der Waals surface area (Å²) in [5.74, 6) is 0.175. The number of rotatable bonds is 7. The van der Waals surface area contributed by atoms with Crippen LogP contribution in [-0.2, 0) is 11.2 Å². The van der Waals surface area contributed by atoms with Crippen molar-refractivity contribution in [3.05, 3.63) is 27.7 Å². The van der Waals surface area contributed by atoms with Crippen molar-refractivity contribution < 1.29 is 14.3 Å². The van der Waals surface area contributed by atoms with E-state index in [1.165, 1.54) is 0 Å². The van der Waals surface area contributed by atoms with Crippen LogP contribution in [0.25, 0.3) is 0 Å². The van der Waals surface area contributed by atoms with E-state index in [4.69, 9.17) is 9.47 Å². The van der Waals surface area contributed by atoms with Gasteiger partial charge in [0.1, 0.15) is 5.56 Å². The summed E-state index contributed by atoms with van der Waals surface area (Å²) in [6.07, 6.45) is 2.25. The lowest BCUT2D eigenvalue weighted by Gasteiger charge is -2.15. The Morgan fingerprint density at radius 1 is 1.24 bits per heavy atom. The molecular weight excluding hydrogens is 270 g/mol. The molecule has 1 rings (SSSR count). The molecule has 5 nitrogen and oxygen atoms in total. The van der Waals surface area contributed by atoms with E-state index in [0.717, 1.165) is 5.56 Å². The van der Waals surface area contributed by atoms with Crippen molar-refractivity contribution in [3.8, 4) is 5.75 Å². The zero-order chi connectivity index (χ0) is 16.0. The summed E-state index contributed by atoms with van der Waals surface area (Å²) in [7, 11) is 0. The van der Waals surface area contributed by atoms with Gasteiger partial charge in [-0.05, 0) is 30.7 Å². The number of ether oxygens (including phenoxy) is 2. The molecule has 0 fully saturated rings. The van der Waals surface area contributed by atoms with Gasteiger partial charge in [0.2, 0.25) is 0 Å². The second-order valence-electron chi connectivity index (χ2n) is 5.87. The molecular formula is C16H25NO4. The quantitative estimate of drug-likeness (QED) is 0.785. The lowest BCUT2D eigenvalue weighted by atomic mass is 9.99. The van der Waals surface area contributed by atoms with Crippen molar-refractivity contribution >= 4 is 5.97 Å². The Bertz CT molecular complexity index is 532. The van der Waals surface area contributed by atoms with Crippen molar-refractivity contribution in [2.45, 2.75) is 41.0 Å². The van der Waals surface area contributed by atoms with E-state index in [1.54, 1.807) is 13.1 Å². The van der Waals surface area contributed by atoms with Gasteiger partial charge in [-0.15, -0.1) is 0 Å². The standard InChI is InChI=1S/C16H25NO4/c1-6-20-16(19)13-12(7-10(2)3)8-17-15(18)14(13)21-9-11(4)5/h8,10-11H,6-7,9H2,1-5H3,(H,17,18). The third kappa shape index (κ3) is 4.92. The molecule has 0 aromatic carbocycles. The minimum atomic E-state index is -0.502. The number of hydrogen-bond acceptors (Lipinski definition) is 4. The third-order valence-electron chi connectivity index (χ3n) is 2.80. The van der Waals surface area contributed by atoms with Gasteiger partial charge in [0.15, 0.2) is 5.75 Å². The number of nitrogens with one attached hydrogen (secondary N) is 1. The number of aromatic amines is 1. The Hall–Kier alpha value is -1.78. The van der Waals surface area contributed by atoms with E-state index in [9.17, 15) is 9.59 Å². The molecule has 0 bridgehead atoms. The van der Waals surface area contributed by atoms with Crippen molar-refractivity contribution in [2.75, 3.05) is 13.2 Å². The van der Waals surface area contributed by atoms with Crippen LogP contribution in [0.5, 0.6) is 5.75 Å². The van der Waals surface area contributed by atoms with E-state index in [-0.39, 0.29) is 23.8 Å². The summed E-state index contributed by atoms with van der Waals surface area (Å²) in [5.41, 5.74) is 0.614. The van der Waals surface area contributed by atoms with Crippen LogP contribution >= 0.6 is 0 Å². The fourth-order valence-corrected chi connectivity index (χ4v) is 1.97. The molecule has 21 heavy (non-hydrogen) atoms.